The van der Waals surface area contributed by atoms with Crippen LogP contribution >= 0.6 is 0 Å². The van der Waals surface area contributed by atoms with Gasteiger partial charge in [-0.25, -0.2) is 4.98 Å². The maximum atomic E-state index is 13.2. The van der Waals surface area contributed by atoms with Crippen LogP contribution in [0, 0.1) is 5.92 Å². The van der Waals surface area contributed by atoms with Gasteiger partial charge in [0.2, 0.25) is 5.91 Å². The molecule has 6 nitrogen and oxygen atoms in total. The van der Waals surface area contributed by atoms with E-state index in [1.54, 1.807) is 0 Å². The number of carbonyl (C=O) groups is 1. The number of likely N-dealkylation sites (tertiary alicyclic amines) is 1. The molecule has 1 amide bonds. The first-order valence-corrected chi connectivity index (χ1v) is 12.4. The SMILES string of the molecule is O=C(C1CCCC1)N1CCCC[C@H]1c1nc2c(c(=O)[nH]1)CCN(C1CCCCC1)C2. The lowest BCUT2D eigenvalue weighted by molar-refractivity contribution is -0.139. The van der Waals surface area contributed by atoms with E-state index in [-0.39, 0.29) is 17.5 Å². The van der Waals surface area contributed by atoms with E-state index in [0.29, 0.717) is 11.9 Å². The Labute approximate surface area is 179 Å². The molecule has 1 aromatic rings. The third-order valence-electron chi connectivity index (χ3n) is 8.02. The molecule has 0 unspecified atom stereocenters. The van der Waals surface area contributed by atoms with Crippen molar-refractivity contribution in [3.8, 4) is 0 Å². The van der Waals surface area contributed by atoms with Gasteiger partial charge in [-0.3, -0.25) is 14.5 Å². The van der Waals surface area contributed by atoms with Crippen molar-refractivity contribution >= 4 is 5.91 Å². The Kier molecular flexibility index (Phi) is 5.94. The molecule has 1 atom stereocenters. The summed E-state index contributed by atoms with van der Waals surface area (Å²) in [6.07, 6.45) is 14.8. The largest absolute Gasteiger partial charge is 0.332 e. The highest BCUT2D eigenvalue weighted by atomic mass is 16.2. The Morgan fingerprint density at radius 1 is 0.900 bits per heavy atom. The molecule has 4 aliphatic rings. The third-order valence-corrected chi connectivity index (χ3v) is 8.02. The van der Waals surface area contributed by atoms with Crippen LogP contribution in [-0.2, 0) is 17.8 Å². The van der Waals surface area contributed by atoms with Gasteiger partial charge in [0.05, 0.1) is 11.7 Å². The maximum absolute atomic E-state index is 13.2. The molecule has 1 N–H and O–H groups in total. The molecule has 0 bridgehead atoms. The zero-order valence-corrected chi connectivity index (χ0v) is 18.2. The summed E-state index contributed by atoms with van der Waals surface area (Å²) in [5.41, 5.74) is 1.86. The van der Waals surface area contributed by atoms with Gasteiger partial charge in [0.25, 0.3) is 5.56 Å². The predicted octanol–water partition coefficient (Wildman–Crippen LogP) is 3.70. The average Bonchev–Trinajstić information content (AvgIpc) is 3.34. The lowest BCUT2D eigenvalue weighted by atomic mass is 9.92. The normalized spacial score (nSPS) is 26.7. The van der Waals surface area contributed by atoms with Crippen LogP contribution in [0.1, 0.15) is 100 Å². The first kappa shape index (κ1) is 20.2. The van der Waals surface area contributed by atoms with Gasteiger partial charge in [-0.2, -0.15) is 0 Å². The molecular formula is C24H36N4O2. The molecule has 0 aromatic carbocycles. The lowest BCUT2D eigenvalue weighted by Gasteiger charge is -2.38. The fourth-order valence-electron chi connectivity index (χ4n) is 6.28. The first-order valence-electron chi connectivity index (χ1n) is 12.4. The average molecular weight is 413 g/mol. The Hall–Kier alpha value is -1.69. The van der Waals surface area contributed by atoms with Gasteiger partial charge < -0.3 is 9.88 Å². The van der Waals surface area contributed by atoms with Crippen molar-refractivity contribution in [3.63, 3.8) is 0 Å². The Morgan fingerprint density at radius 2 is 1.63 bits per heavy atom. The van der Waals surface area contributed by atoms with Gasteiger partial charge in [-0.05, 0) is 51.4 Å². The lowest BCUT2D eigenvalue weighted by Crippen LogP contribution is -2.45. The number of hydrogen-bond acceptors (Lipinski definition) is 4. The highest BCUT2D eigenvalue weighted by Crippen LogP contribution is 2.35. The molecule has 0 spiro atoms. The summed E-state index contributed by atoms with van der Waals surface area (Å²) < 4.78 is 0. The zero-order valence-electron chi connectivity index (χ0n) is 18.2. The van der Waals surface area contributed by atoms with Crippen LogP contribution in [0.15, 0.2) is 4.79 Å². The van der Waals surface area contributed by atoms with Gasteiger partial charge in [0.1, 0.15) is 5.82 Å². The number of carbonyl (C=O) groups excluding carboxylic acids is 1. The number of fused-ring (bicyclic) bond motifs is 1. The summed E-state index contributed by atoms with van der Waals surface area (Å²) >= 11 is 0. The van der Waals surface area contributed by atoms with Crippen LogP contribution < -0.4 is 5.56 Å². The minimum atomic E-state index is -0.0603. The van der Waals surface area contributed by atoms with E-state index in [1.165, 1.54) is 44.9 Å². The Bertz CT molecular complexity index is 823. The van der Waals surface area contributed by atoms with Crippen molar-refractivity contribution < 1.29 is 4.79 Å². The van der Waals surface area contributed by atoms with Gasteiger partial charge in [0, 0.05) is 37.2 Å². The standard InChI is InChI=1S/C24H36N4O2/c29-23-19-13-15-27(18-10-2-1-3-11-18)16-20(19)25-22(26-23)21-12-6-7-14-28(21)24(30)17-8-4-5-9-17/h17-18,21H,1-16H2,(H,25,26,29)/t21-/m0/s1. The van der Waals surface area contributed by atoms with Crippen LogP contribution in [0.25, 0.3) is 0 Å². The monoisotopic (exact) mass is 412 g/mol. The van der Waals surface area contributed by atoms with E-state index >= 15 is 0 Å². The zero-order chi connectivity index (χ0) is 20.5. The van der Waals surface area contributed by atoms with E-state index in [4.69, 9.17) is 4.98 Å². The number of aromatic nitrogens is 2. The minimum absolute atomic E-state index is 0.0251. The summed E-state index contributed by atoms with van der Waals surface area (Å²) in [6.45, 7) is 2.56. The van der Waals surface area contributed by atoms with Crippen molar-refractivity contribution in [2.45, 2.75) is 102 Å². The first-order chi connectivity index (χ1) is 14.7. The van der Waals surface area contributed by atoms with Crippen LogP contribution in [-0.4, -0.2) is 44.8 Å². The second-order valence-corrected chi connectivity index (χ2v) is 9.91. The molecule has 0 radical (unpaired) electrons. The summed E-state index contributed by atoms with van der Waals surface area (Å²) in [4.78, 5) is 38.8. The molecule has 1 aromatic heterocycles. The fourth-order valence-corrected chi connectivity index (χ4v) is 6.28. The minimum Gasteiger partial charge on any atom is -0.332 e. The Morgan fingerprint density at radius 3 is 2.43 bits per heavy atom. The van der Waals surface area contributed by atoms with Crippen molar-refractivity contribution in [2.24, 2.45) is 5.92 Å². The van der Waals surface area contributed by atoms with Crippen molar-refractivity contribution in [2.75, 3.05) is 13.1 Å². The molecular weight excluding hydrogens is 376 g/mol. The molecule has 1 saturated heterocycles. The number of amides is 1. The van der Waals surface area contributed by atoms with Gasteiger partial charge in [-0.15, -0.1) is 0 Å². The van der Waals surface area contributed by atoms with Crippen molar-refractivity contribution in [3.05, 3.63) is 27.4 Å². The van der Waals surface area contributed by atoms with Gasteiger partial charge in [-0.1, -0.05) is 32.1 Å². The molecule has 164 valence electrons. The van der Waals surface area contributed by atoms with Crippen LogP contribution in [0.5, 0.6) is 0 Å². The fraction of sp³-hybridized carbons (Fsp3) is 0.792. The summed E-state index contributed by atoms with van der Waals surface area (Å²) in [6, 6.07) is 0.585. The maximum Gasteiger partial charge on any atom is 0.254 e. The number of rotatable bonds is 3. The van der Waals surface area contributed by atoms with E-state index in [9.17, 15) is 9.59 Å². The molecule has 2 aliphatic carbocycles. The van der Waals surface area contributed by atoms with Gasteiger partial charge in [0.15, 0.2) is 0 Å². The highest BCUT2D eigenvalue weighted by molar-refractivity contribution is 5.79. The molecule has 5 rings (SSSR count). The second kappa shape index (κ2) is 8.81. The molecule has 30 heavy (non-hydrogen) atoms. The van der Waals surface area contributed by atoms with E-state index in [1.807, 2.05) is 4.90 Å². The Balaban J connectivity index is 1.39. The number of nitrogens with one attached hydrogen (secondary N) is 1. The number of H-pyrrole nitrogens is 1. The van der Waals surface area contributed by atoms with Crippen molar-refractivity contribution in [1.29, 1.82) is 0 Å². The topological polar surface area (TPSA) is 69.3 Å². The number of aromatic amines is 1. The highest BCUT2D eigenvalue weighted by Gasteiger charge is 2.36. The van der Waals surface area contributed by atoms with Crippen LogP contribution in [0.2, 0.25) is 0 Å². The summed E-state index contributed by atoms with van der Waals surface area (Å²) in [7, 11) is 0. The van der Waals surface area contributed by atoms with E-state index < -0.39 is 0 Å². The second-order valence-electron chi connectivity index (χ2n) is 9.91. The van der Waals surface area contributed by atoms with Crippen molar-refractivity contribution in [1.82, 2.24) is 19.8 Å². The van der Waals surface area contributed by atoms with E-state index in [2.05, 4.69) is 9.88 Å². The number of nitrogens with zero attached hydrogens (tertiary/aromatic N) is 3. The number of piperidine rings is 1. The smallest absolute Gasteiger partial charge is 0.254 e. The summed E-state index contributed by atoms with van der Waals surface area (Å²) in [5, 5.41) is 0. The quantitative estimate of drug-likeness (QED) is 0.822. The molecule has 3 fully saturated rings. The predicted molar refractivity (Wildman–Crippen MR) is 116 cm³/mol. The molecule has 3 heterocycles. The molecule has 6 heteroatoms. The molecule has 2 saturated carbocycles. The summed E-state index contributed by atoms with van der Waals surface area (Å²) in [5.74, 6) is 1.20. The number of hydrogen-bond donors (Lipinski definition) is 1. The van der Waals surface area contributed by atoms with Crippen LogP contribution in [0.3, 0.4) is 0 Å². The third kappa shape index (κ3) is 3.95. The van der Waals surface area contributed by atoms with Crippen LogP contribution in [0.4, 0.5) is 0 Å². The van der Waals surface area contributed by atoms with Gasteiger partial charge >= 0.3 is 0 Å². The molecule has 2 aliphatic heterocycles. The van der Waals surface area contributed by atoms with E-state index in [0.717, 1.165) is 75.2 Å².